The van der Waals surface area contributed by atoms with Crippen LogP contribution >= 0.6 is 0 Å². The first-order chi connectivity index (χ1) is 13.6. The second kappa shape index (κ2) is 7.53. The first-order valence-corrected chi connectivity index (χ1v) is 9.10. The van der Waals surface area contributed by atoms with Crippen molar-refractivity contribution in [2.75, 3.05) is 0 Å². The van der Waals surface area contributed by atoms with Gasteiger partial charge < -0.3 is 9.67 Å². The molecule has 1 atom stereocenters. The minimum atomic E-state index is -0.933. The van der Waals surface area contributed by atoms with Crippen LogP contribution in [-0.4, -0.2) is 20.6 Å². The summed E-state index contributed by atoms with van der Waals surface area (Å²) in [7, 11) is 0. The molecule has 0 fully saturated rings. The molecule has 4 heteroatoms. The van der Waals surface area contributed by atoms with Crippen molar-refractivity contribution in [1.82, 2.24) is 9.55 Å². The summed E-state index contributed by atoms with van der Waals surface area (Å²) < 4.78 is 2.25. The normalized spacial score (nSPS) is 12.8. The van der Waals surface area contributed by atoms with Crippen molar-refractivity contribution in [3.63, 3.8) is 0 Å². The fraction of sp³-hybridized carbons (Fsp3) is 0.0833. The zero-order chi connectivity index (χ0) is 19.5. The van der Waals surface area contributed by atoms with E-state index in [1.54, 1.807) is 0 Å². The summed E-state index contributed by atoms with van der Waals surface area (Å²) >= 11 is 0. The number of nitrogens with zero attached hydrogens (tertiary/aromatic N) is 2. The number of carboxylic acid groups (broad SMARTS) is 1. The van der Waals surface area contributed by atoms with Gasteiger partial charge in [-0.05, 0) is 59.5 Å². The monoisotopic (exact) mass is 368 g/mol. The van der Waals surface area contributed by atoms with Gasteiger partial charge in [0.25, 0.3) is 0 Å². The van der Waals surface area contributed by atoms with Gasteiger partial charge in [0.2, 0.25) is 0 Å². The number of hydrogen-bond acceptors (Lipinski definition) is 2. The third kappa shape index (κ3) is 3.45. The van der Waals surface area contributed by atoms with Crippen LogP contribution in [0.15, 0.2) is 91.4 Å². The number of hydrogen-bond donors (Lipinski definition) is 1. The molecule has 0 bridgehead atoms. The van der Waals surface area contributed by atoms with Crippen LogP contribution in [0.3, 0.4) is 0 Å². The molecule has 1 N–H and O–H groups in total. The summed E-state index contributed by atoms with van der Waals surface area (Å²) in [5.74, 6) is -0.933. The smallest absolute Gasteiger partial charge is 0.328 e. The SMILES string of the molecule is C/C(=C\C(=O)O)c1ccc2c(ccn2C(c2ccccc2)c2ccncc2)c1. The molecule has 0 amide bonds. The quantitative estimate of drug-likeness (QED) is 0.495. The van der Waals surface area contributed by atoms with Gasteiger partial charge in [-0.25, -0.2) is 4.79 Å². The van der Waals surface area contributed by atoms with Crippen LogP contribution in [0.4, 0.5) is 0 Å². The lowest BCUT2D eigenvalue weighted by molar-refractivity contribution is -0.131. The zero-order valence-electron chi connectivity index (χ0n) is 15.5. The standard InChI is InChI=1S/C24H20N2O2/c1-17(15-23(27)28)20-7-8-22-21(16-20)11-14-26(22)24(18-5-3-2-4-6-18)19-9-12-25-13-10-19/h2-16,24H,1H3,(H,27,28)/b17-15+. The van der Waals surface area contributed by atoms with Crippen LogP contribution in [0.2, 0.25) is 0 Å². The van der Waals surface area contributed by atoms with Crippen molar-refractivity contribution in [2.45, 2.75) is 13.0 Å². The van der Waals surface area contributed by atoms with Gasteiger partial charge in [0.1, 0.15) is 0 Å². The molecule has 0 aliphatic carbocycles. The number of aromatic nitrogens is 2. The Balaban J connectivity index is 1.85. The minimum Gasteiger partial charge on any atom is -0.478 e. The zero-order valence-corrected chi connectivity index (χ0v) is 15.5. The average molecular weight is 368 g/mol. The maximum atomic E-state index is 11.0. The summed E-state index contributed by atoms with van der Waals surface area (Å²) in [4.78, 5) is 15.1. The van der Waals surface area contributed by atoms with Gasteiger partial charge in [-0.15, -0.1) is 0 Å². The van der Waals surface area contributed by atoms with E-state index in [-0.39, 0.29) is 6.04 Å². The lowest BCUT2D eigenvalue weighted by Crippen LogP contribution is -2.11. The van der Waals surface area contributed by atoms with Crippen LogP contribution in [0, 0.1) is 0 Å². The molecule has 4 nitrogen and oxygen atoms in total. The van der Waals surface area contributed by atoms with Gasteiger partial charge >= 0.3 is 5.97 Å². The predicted octanol–water partition coefficient (Wildman–Crippen LogP) is 5.16. The Morgan fingerprint density at radius 3 is 2.43 bits per heavy atom. The number of benzene rings is 2. The van der Waals surface area contributed by atoms with Crippen molar-refractivity contribution in [3.8, 4) is 0 Å². The van der Waals surface area contributed by atoms with Crippen LogP contribution in [0.1, 0.15) is 29.7 Å². The summed E-state index contributed by atoms with van der Waals surface area (Å²) in [6.07, 6.45) is 6.95. The number of pyridine rings is 1. The highest BCUT2D eigenvalue weighted by atomic mass is 16.4. The molecule has 0 aliphatic heterocycles. The fourth-order valence-corrected chi connectivity index (χ4v) is 3.60. The summed E-state index contributed by atoms with van der Waals surface area (Å²) in [5, 5.41) is 10.1. The van der Waals surface area contributed by atoms with Gasteiger partial charge in [0.15, 0.2) is 0 Å². The van der Waals surface area contributed by atoms with Crippen molar-refractivity contribution in [1.29, 1.82) is 0 Å². The van der Waals surface area contributed by atoms with E-state index < -0.39 is 5.97 Å². The number of carboxylic acids is 1. The second-order valence-electron chi connectivity index (χ2n) is 6.76. The van der Waals surface area contributed by atoms with Crippen molar-refractivity contribution in [3.05, 3.63) is 108 Å². The molecule has 2 aromatic heterocycles. The number of allylic oxidation sites excluding steroid dienone is 1. The van der Waals surface area contributed by atoms with Gasteiger partial charge in [0.05, 0.1) is 6.04 Å². The molecule has 0 saturated carbocycles. The molecule has 4 aromatic rings. The topological polar surface area (TPSA) is 55.1 Å². The van der Waals surface area contributed by atoms with Gasteiger partial charge in [-0.3, -0.25) is 4.98 Å². The Bertz CT molecular complexity index is 1110. The van der Waals surface area contributed by atoms with Crippen LogP contribution in [-0.2, 0) is 4.79 Å². The maximum absolute atomic E-state index is 11.0. The summed E-state index contributed by atoms with van der Waals surface area (Å²) in [6.45, 7) is 1.82. The Hall–Kier alpha value is -3.66. The van der Waals surface area contributed by atoms with Gasteiger partial charge in [-0.1, -0.05) is 36.4 Å². The lowest BCUT2D eigenvalue weighted by atomic mass is 9.99. The van der Waals surface area contributed by atoms with E-state index in [2.05, 4.69) is 40.0 Å². The first kappa shape index (κ1) is 17.7. The molecule has 0 radical (unpaired) electrons. The molecule has 0 spiro atoms. The lowest BCUT2D eigenvalue weighted by Gasteiger charge is -2.21. The number of aliphatic carboxylic acids is 1. The van der Waals surface area contributed by atoms with Crippen molar-refractivity contribution >= 4 is 22.4 Å². The van der Waals surface area contributed by atoms with E-state index in [0.717, 1.165) is 27.6 Å². The van der Waals surface area contributed by atoms with E-state index >= 15 is 0 Å². The molecule has 4 rings (SSSR count). The van der Waals surface area contributed by atoms with Gasteiger partial charge in [0, 0.05) is 35.6 Å². The highest BCUT2D eigenvalue weighted by Gasteiger charge is 2.18. The Morgan fingerprint density at radius 2 is 1.71 bits per heavy atom. The first-order valence-electron chi connectivity index (χ1n) is 9.10. The van der Waals surface area contributed by atoms with Crippen LogP contribution < -0.4 is 0 Å². The predicted molar refractivity (Wildman–Crippen MR) is 111 cm³/mol. The maximum Gasteiger partial charge on any atom is 0.328 e. The van der Waals surface area contributed by atoms with E-state index in [0.29, 0.717) is 0 Å². The average Bonchev–Trinajstić information content (AvgIpc) is 3.12. The highest BCUT2D eigenvalue weighted by Crippen LogP contribution is 2.31. The summed E-state index contributed by atoms with van der Waals surface area (Å²) in [5.41, 5.74) is 5.09. The molecule has 0 saturated heterocycles. The number of rotatable bonds is 5. The molecular weight excluding hydrogens is 348 g/mol. The number of fused-ring (bicyclic) bond motifs is 1. The molecule has 0 aliphatic rings. The second-order valence-corrected chi connectivity index (χ2v) is 6.76. The molecular formula is C24H20N2O2. The fourth-order valence-electron chi connectivity index (χ4n) is 3.60. The summed E-state index contributed by atoms with van der Waals surface area (Å²) in [6, 6.07) is 22.6. The Labute approximate surface area is 163 Å². The largest absolute Gasteiger partial charge is 0.478 e. The molecule has 2 heterocycles. The van der Waals surface area contributed by atoms with Crippen LogP contribution in [0.5, 0.6) is 0 Å². The Morgan fingerprint density at radius 1 is 1.00 bits per heavy atom. The molecule has 28 heavy (non-hydrogen) atoms. The van der Waals surface area contributed by atoms with E-state index in [1.807, 2.05) is 61.8 Å². The molecule has 2 aromatic carbocycles. The highest BCUT2D eigenvalue weighted by molar-refractivity contribution is 5.92. The Kier molecular flexibility index (Phi) is 4.77. The van der Waals surface area contributed by atoms with Crippen molar-refractivity contribution < 1.29 is 9.90 Å². The van der Waals surface area contributed by atoms with Gasteiger partial charge in [-0.2, -0.15) is 0 Å². The van der Waals surface area contributed by atoms with E-state index in [9.17, 15) is 4.79 Å². The molecule has 138 valence electrons. The van der Waals surface area contributed by atoms with Crippen LogP contribution in [0.25, 0.3) is 16.5 Å². The minimum absolute atomic E-state index is 0.0307. The van der Waals surface area contributed by atoms with E-state index in [1.165, 1.54) is 11.6 Å². The molecule has 1 unspecified atom stereocenters. The third-order valence-electron chi connectivity index (χ3n) is 4.93. The third-order valence-corrected chi connectivity index (χ3v) is 4.93. The van der Waals surface area contributed by atoms with E-state index in [4.69, 9.17) is 5.11 Å². The van der Waals surface area contributed by atoms with Crippen molar-refractivity contribution in [2.24, 2.45) is 0 Å². The number of carbonyl (C=O) groups is 1.